The molecule has 12 saturated carbocycles. The average Bonchev–Trinajstić information content (AvgIpc) is 1.14. The number of nitrogens with two attached hydrogens (primary N) is 1. The van der Waals surface area contributed by atoms with Crippen molar-refractivity contribution in [3.8, 4) is 0 Å². The first-order chi connectivity index (χ1) is 49.0. The first-order valence-electron chi connectivity index (χ1n) is 45.7. The van der Waals surface area contributed by atoms with Crippen molar-refractivity contribution in [1.29, 1.82) is 0 Å². The molecule has 15 aliphatic carbocycles. The minimum absolute atomic E-state index is 0. The van der Waals surface area contributed by atoms with E-state index in [0.29, 0.717) is 70.9 Å². The molecule has 0 aromatic rings. The number of unbranched alkanes of at least 4 members (excludes halogenated alkanes) is 1. The van der Waals surface area contributed by atoms with Crippen molar-refractivity contribution in [3.63, 3.8) is 0 Å². The molecule has 13 fully saturated rings. The number of rotatable bonds is 11. The van der Waals surface area contributed by atoms with Crippen LogP contribution in [0.4, 0.5) is 0 Å². The summed E-state index contributed by atoms with van der Waals surface area (Å²) in [5.41, 5.74) is 21.4. The summed E-state index contributed by atoms with van der Waals surface area (Å²) in [7, 11) is 0. The van der Waals surface area contributed by atoms with E-state index < -0.39 is 0 Å². The summed E-state index contributed by atoms with van der Waals surface area (Å²) in [5.74, 6) is 12.1. The SMILES string of the molecule is C=C(C)[C@@H]1CC[C@]2(CN)CC[C@]3(C)[C@H](CC[C@@H]4[C@@]5(C)CC=C([CH2-])C(C)(C)[C@@H]5CC[C@]43C)[C@@H]12.C=C(C)[C@@H]1CC[C@]2(CN3CC3)CC[C@]3(C)[C@H](CC[C@@H]4[C@@]5(C)CC=C([CH2-])C(C)(C)[C@@H]5CC[C@]43C)[C@@H]12.C=C(C)[C@@H]1CC[C@]2(CNCCC)CC[C@]3(C)[C@H](CC[C@@H]4[C@@]5(C)CC=C([CH2-])C(C)(C)[C@@H]5CC[C@]43C)[C@@H]12.CCCC.[Y].[Y].[Y]. The first-order valence-corrected chi connectivity index (χ1v) is 45.7. The van der Waals surface area contributed by atoms with Crippen molar-refractivity contribution in [2.24, 2.45) is 176 Å². The molecular weight excluding hydrogens is 1530 g/mol. The predicted molar refractivity (Wildman–Crippen MR) is 453 cm³/mol. The number of allylic oxidation sites excluding steroid dienone is 9. The summed E-state index contributed by atoms with van der Waals surface area (Å²) < 4.78 is 0. The van der Waals surface area contributed by atoms with Crippen LogP contribution in [0.5, 0.6) is 0 Å². The van der Waals surface area contributed by atoms with Crippen LogP contribution in [0.3, 0.4) is 0 Å². The Morgan fingerprint density at radius 3 is 1.01 bits per heavy atom. The molecule has 1 saturated heterocycles. The topological polar surface area (TPSA) is 41.1 Å². The number of hydrogen-bond donors (Lipinski definition) is 2. The van der Waals surface area contributed by atoms with Crippen LogP contribution >= 0.6 is 0 Å². The Kier molecular flexibility index (Phi) is 27.1. The van der Waals surface area contributed by atoms with Gasteiger partial charge in [-0.25, -0.2) is 55.7 Å². The van der Waals surface area contributed by atoms with E-state index in [4.69, 9.17) is 5.73 Å². The molecule has 0 bridgehead atoms. The molecule has 3 nitrogen and oxygen atoms in total. The third kappa shape index (κ3) is 13.6. The van der Waals surface area contributed by atoms with Gasteiger partial charge in [0.2, 0.25) is 0 Å². The molecule has 27 atom stereocenters. The molecule has 0 amide bonds. The maximum absolute atomic E-state index is 6.58. The van der Waals surface area contributed by atoms with Gasteiger partial charge in [-0.05, 0) is 364 Å². The van der Waals surface area contributed by atoms with Crippen molar-refractivity contribution in [1.82, 2.24) is 10.2 Å². The Hall–Kier alpha value is 1.24. The smallest absolute Gasteiger partial charge is 0.0110 e. The molecule has 16 aliphatic rings. The van der Waals surface area contributed by atoms with Gasteiger partial charge in [0.05, 0.1) is 0 Å². The van der Waals surface area contributed by atoms with E-state index in [1.165, 1.54) is 259 Å². The van der Waals surface area contributed by atoms with E-state index in [0.717, 1.165) is 89.4 Å². The van der Waals surface area contributed by atoms with Gasteiger partial charge >= 0.3 is 0 Å². The second-order valence-electron chi connectivity index (χ2n) is 46.3. The molecule has 1 heterocycles. The zero-order chi connectivity index (χ0) is 76.5. The molecule has 108 heavy (non-hydrogen) atoms. The van der Waals surface area contributed by atoms with Gasteiger partial charge < -0.3 is 16.0 Å². The quantitative estimate of drug-likeness (QED) is 0.0938. The Balaban J connectivity index is 0.000000166. The standard InChI is InChI=1S/C34H56N.C33H52N.C31H50N.C4H10.3Y/c1-10-21-35-22-34-18-14-25(23(2)3)29(34)26-11-12-28-31(7)16-13-24(4)30(5,6)27(31)15-17-33(28,9)32(26,8)19-20-34;1-22(2)24-12-16-33(21-34-19-20-34)18-17-31(7)25(28(24)33)9-10-27-30(6)14-11-23(3)29(4,5)26(30)13-15-32(27,31)8;1-20(2)22-12-16-31(19-32)18-17-29(7)23(26(22)31)9-10-25-28(6)14-11-21(3)27(4,5)24(28)13-15-30(25,29)8;1-3-4-2;;;/h13,25-29,35H,2,4,10-12,14-22H2,1,3,5-9H3;11,24-28H,1,3,9-10,12-21H2,2,4-8H3;11,22-26H,1,3,9-10,12-19,32H2,2,4-8H3;3-4H2,1-2H3;;;/q3*-1;;;;/t25-,26+,27-,28+,29+,31-,32+,33+,34+;24-,25+,26-,27+,28+,30-,31+,32+,33+;22-,23+,24-,25+,26+,28-,29+,30+,31+;;;;/m000..../s1. The maximum Gasteiger partial charge on any atom is 0.0110 e. The van der Waals surface area contributed by atoms with Crippen LogP contribution in [-0.4, -0.2) is 44.2 Å². The van der Waals surface area contributed by atoms with E-state index in [2.05, 4.69) is 214 Å². The van der Waals surface area contributed by atoms with E-state index >= 15 is 0 Å². The van der Waals surface area contributed by atoms with Crippen molar-refractivity contribution in [3.05, 3.63) is 92.2 Å². The summed E-state index contributed by atoms with van der Waals surface area (Å²) in [6.45, 7) is 87.9. The molecule has 3 radical (unpaired) electrons. The molecule has 603 valence electrons. The Morgan fingerprint density at radius 1 is 0.389 bits per heavy atom. The van der Waals surface area contributed by atoms with Gasteiger partial charge in [0.1, 0.15) is 0 Å². The van der Waals surface area contributed by atoms with E-state index in [9.17, 15) is 0 Å². The third-order valence-electron chi connectivity index (χ3n) is 41.9. The molecular formula is C102H168N3Y3-3. The molecule has 0 unspecified atom stereocenters. The Bertz CT molecular complexity index is 3360. The minimum atomic E-state index is 0. The van der Waals surface area contributed by atoms with Gasteiger partial charge in [-0.15, -0.1) is 0 Å². The predicted octanol–water partition coefficient (Wildman–Crippen LogP) is 27.1. The van der Waals surface area contributed by atoms with Crippen LogP contribution in [-0.2, 0) is 98.1 Å². The van der Waals surface area contributed by atoms with Crippen LogP contribution in [0.25, 0.3) is 0 Å². The van der Waals surface area contributed by atoms with Crippen LogP contribution in [0, 0.1) is 191 Å². The summed E-state index contributed by atoms with van der Waals surface area (Å²) >= 11 is 0. The molecule has 1 aliphatic heterocycles. The number of nitrogens with one attached hydrogen (secondary N) is 1. The van der Waals surface area contributed by atoms with Gasteiger partial charge in [0.15, 0.2) is 0 Å². The van der Waals surface area contributed by atoms with Gasteiger partial charge in [-0.3, -0.25) is 0 Å². The van der Waals surface area contributed by atoms with Gasteiger partial charge in [0.25, 0.3) is 0 Å². The average molecular weight is 1700 g/mol. The normalized spacial score (nSPS) is 49.5. The van der Waals surface area contributed by atoms with Crippen LogP contribution in [0.15, 0.2) is 71.4 Å². The third-order valence-corrected chi connectivity index (χ3v) is 41.9. The Labute approximate surface area is 745 Å². The van der Waals surface area contributed by atoms with Gasteiger partial charge in [-0.2, -0.15) is 0 Å². The fourth-order valence-corrected chi connectivity index (χ4v) is 35.0. The molecule has 0 spiro atoms. The number of fused-ring (bicyclic) bond motifs is 21. The number of nitrogens with zero attached hydrogens (tertiary/aromatic N) is 1. The molecule has 3 N–H and O–H groups in total. The van der Waals surface area contributed by atoms with Crippen molar-refractivity contribution >= 4 is 0 Å². The monoisotopic (exact) mass is 1700 g/mol. The summed E-state index contributed by atoms with van der Waals surface area (Å²) in [6, 6.07) is 0. The summed E-state index contributed by atoms with van der Waals surface area (Å²) in [4.78, 5) is 2.75. The maximum atomic E-state index is 6.58. The zero-order valence-corrected chi connectivity index (χ0v) is 83.4. The van der Waals surface area contributed by atoms with Crippen LogP contribution < -0.4 is 11.1 Å². The van der Waals surface area contributed by atoms with Crippen molar-refractivity contribution in [2.75, 3.05) is 39.3 Å². The van der Waals surface area contributed by atoms with Crippen molar-refractivity contribution < 1.29 is 98.1 Å². The van der Waals surface area contributed by atoms with Gasteiger partial charge in [0, 0.05) is 124 Å². The summed E-state index contributed by atoms with van der Waals surface area (Å²) in [6.07, 6.45) is 49.2. The molecule has 16 rings (SSSR count). The second-order valence-corrected chi connectivity index (χ2v) is 46.3. The second kappa shape index (κ2) is 32.0. The van der Waals surface area contributed by atoms with E-state index in [1.54, 1.807) is 0 Å². The first kappa shape index (κ1) is 91.5. The summed E-state index contributed by atoms with van der Waals surface area (Å²) in [5, 5.41) is 3.91. The zero-order valence-electron chi connectivity index (χ0n) is 74.8. The Morgan fingerprint density at radius 2 is 0.694 bits per heavy atom. The largest absolute Gasteiger partial charge is 0.330 e. The van der Waals surface area contributed by atoms with Crippen LogP contribution in [0.2, 0.25) is 0 Å². The fourth-order valence-electron chi connectivity index (χ4n) is 35.0. The number of hydrogen-bond acceptors (Lipinski definition) is 3. The van der Waals surface area contributed by atoms with E-state index in [1.807, 2.05) is 0 Å². The van der Waals surface area contributed by atoms with Crippen molar-refractivity contribution in [2.45, 2.75) is 338 Å². The van der Waals surface area contributed by atoms with E-state index in [-0.39, 0.29) is 114 Å². The molecule has 6 heteroatoms. The molecule has 0 aromatic heterocycles. The molecule has 0 aromatic carbocycles. The van der Waals surface area contributed by atoms with Gasteiger partial charge in [-0.1, -0.05) is 193 Å². The van der Waals surface area contributed by atoms with Crippen LogP contribution in [0.1, 0.15) is 338 Å². The fraction of sp³-hybridized carbons (Fsp3) is 0.853. The minimum Gasteiger partial charge on any atom is -0.330 e.